The van der Waals surface area contributed by atoms with Crippen LogP contribution in [0.1, 0.15) is 10.4 Å². The Hall–Kier alpha value is -1.39. The fourth-order valence-corrected chi connectivity index (χ4v) is 1.90. The molecule has 2 aromatic carbocycles. The summed E-state index contributed by atoms with van der Waals surface area (Å²) in [5, 5.41) is 3.17. The first-order valence-electron chi connectivity index (χ1n) is 5.09. The van der Waals surface area contributed by atoms with Gasteiger partial charge < -0.3 is 5.32 Å². The minimum Gasteiger partial charge on any atom is -0.322 e. The van der Waals surface area contributed by atoms with Crippen LogP contribution < -0.4 is 5.32 Å². The first kappa shape index (κ1) is 13.1. The third-order valence-corrected chi connectivity index (χ3v) is 3.16. The molecule has 0 saturated carbocycles. The maximum absolute atomic E-state index is 13.7. The van der Waals surface area contributed by atoms with Gasteiger partial charge in [-0.3, -0.25) is 4.79 Å². The van der Waals surface area contributed by atoms with E-state index < -0.39 is 11.7 Å². The lowest BCUT2D eigenvalue weighted by atomic mass is 10.2. The molecule has 0 bridgehead atoms. The van der Waals surface area contributed by atoms with Gasteiger partial charge in [-0.2, -0.15) is 0 Å². The Balaban J connectivity index is 2.22. The van der Waals surface area contributed by atoms with Crippen molar-refractivity contribution in [3.05, 3.63) is 63.3 Å². The Bertz CT molecular complexity index is 586. The van der Waals surface area contributed by atoms with Gasteiger partial charge in [0.15, 0.2) is 0 Å². The first-order valence-corrected chi connectivity index (χ1v) is 6.26. The van der Waals surface area contributed by atoms with Crippen LogP contribution in [0.5, 0.6) is 0 Å². The zero-order chi connectivity index (χ0) is 13.1. The van der Waals surface area contributed by atoms with Crippen molar-refractivity contribution in [2.24, 2.45) is 0 Å². The summed E-state index contributed by atoms with van der Waals surface area (Å²) in [5.74, 6) is -1.08. The highest BCUT2D eigenvalue weighted by atomic mass is 79.9. The average Bonchev–Trinajstić information content (AvgIpc) is 2.35. The van der Waals surface area contributed by atoms with E-state index in [1.807, 2.05) is 0 Å². The van der Waals surface area contributed by atoms with E-state index in [1.54, 1.807) is 30.3 Å². The molecule has 2 rings (SSSR count). The summed E-state index contributed by atoms with van der Waals surface area (Å²) in [6.07, 6.45) is 0. The highest BCUT2D eigenvalue weighted by Crippen LogP contribution is 2.20. The molecule has 0 fully saturated rings. The number of amides is 1. The van der Waals surface area contributed by atoms with Crippen molar-refractivity contribution in [3.8, 4) is 0 Å². The molecule has 0 radical (unpaired) electrons. The van der Waals surface area contributed by atoms with Gasteiger partial charge in [-0.15, -0.1) is 0 Å². The highest BCUT2D eigenvalue weighted by Gasteiger charge is 2.13. The zero-order valence-electron chi connectivity index (χ0n) is 9.08. The molecule has 0 atom stereocenters. The molecule has 0 spiro atoms. The highest BCUT2D eigenvalue weighted by molar-refractivity contribution is 9.10. The van der Waals surface area contributed by atoms with Gasteiger partial charge in [-0.05, 0) is 52.3 Å². The minimum absolute atomic E-state index is 0.0145. The first-order chi connectivity index (χ1) is 8.58. The summed E-state index contributed by atoms with van der Waals surface area (Å²) >= 11 is 8.77. The molecule has 92 valence electrons. The largest absolute Gasteiger partial charge is 0.322 e. The summed E-state index contributed by atoms with van der Waals surface area (Å²) in [4.78, 5) is 11.9. The Morgan fingerprint density at radius 1 is 1.17 bits per heavy atom. The van der Waals surface area contributed by atoms with E-state index in [9.17, 15) is 9.18 Å². The number of carbonyl (C=O) groups excluding carboxylic acids is 1. The van der Waals surface area contributed by atoms with Gasteiger partial charge in [0.05, 0.1) is 10.0 Å². The minimum atomic E-state index is -0.580. The molecule has 2 aromatic rings. The maximum atomic E-state index is 13.7. The molecular formula is C13H8BrClFNO. The molecular weight excluding hydrogens is 321 g/mol. The summed E-state index contributed by atoms with van der Waals surface area (Å²) in [7, 11) is 0. The van der Waals surface area contributed by atoms with Crippen LogP contribution in [0.15, 0.2) is 46.9 Å². The van der Waals surface area contributed by atoms with Gasteiger partial charge in [-0.25, -0.2) is 4.39 Å². The number of hydrogen-bond acceptors (Lipinski definition) is 1. The molecule has 5 heteroatoms. The zero-order valence-corrected chi connectivity index (χ0v) is 11.4. The second kappa shape index (κ2) is 5.50. The van der Waals surface area contributed by atoms with E-state index in [0.717, 1.165) is 0 Å². The van der Waals surface area contributed by atoms with Crippen LogP contribution in [0.25, 0.3) is 0 Å². The third-order valence-electron chi connectivity index (χ3n) is 2.30. The monoisotopic (exact) mass is 327 g/mol. The van der Waals surface area contributed by atoms with Crippen molar-refractivity contribution >= 4 is 39.1 Å². The number of hydrogen-bond donors (Lipinski definition) is 1. The number of carbonyl (C=O) groups is 1. The van der Waals surface area contributed by atoms with Crippen LogP contribution in [0.4, 0.5) is 10.1 Å². The number of benzene rings is 2. The topological polar surface area (TPSA) is 29.1 Å². The molecule has 1 N–H and O–H groups in total. The van der Waals surface area contributed by atoms with Crippen LogP contribution in [0.2, 0.25) is 5.02 Å². The van der Waals surface area contributed by atoms with E-state index in [2.05, 4.69) is 21.2 Å². The lowest BCUT2D eigenvalue weighted by Crippen LogP contribution is -2.13. The van der Waals surface area contributed by atoms with Crippen LogP contribution in [-0.2, 0) is 0 Å². The molecule has 1 amide bonds. The smallest absolute Gasteiger partial charge is 0.258 e. The molecule has 0 aromatic heterocycles. The molecule has 0 saturated heterocycles. The van der Waals surface area contributed by atoms with E-state index in [1.165, 1.54) is 12.1 Å². The molecule has 0 aliphatic carbocycles. The number of halogens is 3. The molecule has 0 unspecified atom stereocenters. The quantitative estimate of drug-likeness (QED) is 0.864. The molecule has 18 heavy (non-hydrogen) atoms. The Labute approximate surface area is 117 Å². The van der Waals surface area contributed by atoms with Crippen molar-refractivity contribution in [2.45, 2.75) is 0 Å². The Morgan fingerprint density at radius 3 is 2.50 bits per heavy atom. The van der Waals surface area contributed by atoms with Gasteiger partial charge in [-0.1, -0.05) is 17.7 Å². The molecule has 0 aliphatic heterocycles. The lowest BCUT2D eigenvalue weighted by molar-refractivity contribution is 0.102. The maximum Gasteiger partial charge on any atom is 0.258 e. The van der Waals surface area contributed by atoms with Crippen molar-refractivity contribution in [1.82, 2.24) is 0 Å². The van der Waals surface area contributed by atoms with Gasteiger partial charge in [0.2, 0.25) is 0 Å². The second-order valence-electron chi connectivity index (χ2n) is 3.56. The number of anilines is 1. The fourth-order valence-electron chi connectivity index (χ4n) is 1.41. The van der Waals surface area contributed by atoms with Gasteiger partial charge >= 0.3 is 0 Å². The number of nitrogens with one attached hydrogen (secondary N) is 1. The van der Waals surface area contributed by atoms with Gasteiger partial charge in [0.1, 0.15) is 5.82 Å². The summed E-state index contributed by atoms with van der Waals surface area (Å²) in [6.45, 7) is 0. The normalized spacial score (nSPS) is 10.2. The van der Waals surface area contributed by atoms with Crippen LogP contribution in [0.3, 0.4) is 0 Å². The Kier molecular flexibility index (Phi) is 3.99. The predicted octanol–water partition coefficient (Wildman–Crippen LogP) is 4.49. The molecule has 2 nitrogen and oxygen atoms in total. The predicted molar refractivity (Wildman–Crippen MR) is 73.5 cm³/mol. The molecule has 0 heterocycles. The fraction of sp³-hybridized carbons (Fsp3) is 0. The van der Waals surface area contributed by atoms with Crippen molar-refractivity contribution in [1.29, 1.82) is 0 Å². The SMILES string of the molecule is O=C(Nc1ccc(Cl)cc1)c1cccc(Br)c1F. The van der Waals surface area contributed by atoms with Gasteiger partial charge in [0, 0.05) is 10.7 Å². The summed E-state index contributed by atoms with van der Waals surface area (Å²) < 4.78 is 13.9. The Morgan fingerprint density at radius 2 is 1.83 bits per heavy atom. The van der Waals surface area contributed by atoms with E-state index in [0.29, 0.717) is 10.7 Å². The standard InChI is InChI=1S/C13H8BrClFNO/c14-11-3-1-2-10(12(11)16)13(18)17-9-6-4-8(15)5-7-9/h1-7H,(H,17,18). The van der Waals surface area contributed by atoms with Crippen LogP contribution >= 0.6 is 27.5 Å². The van der Waals surface area contributed by atoms with E-state index in [4.69, 9.17) is 11.6 Å². The van der Waals surface area contributed by atoms with Crippen molar-refractivity contribution in [3.63, 3.8) is 0 Å². The van der Waals surface area contributed by atoms with Gasteiger partial charge in [0.25, 0.3) is 5.91 Å². The second-order valence-corrected chi connectivity index (χ2v) is 4.85. The van der Waals surface area contributed by atoms with Crippen LogP contribution in [-0.4, -0.2) is 5.91 Å². The van der Waals surface area contributed by atoms with Crippen molar-refractivity contribution in [2.75, 3.05) is 5.32 Å². The third kappa shape index (κ3) is 2.89. The van der Waals surface area contributed by atoms with E-state index in [-0.39, 0.29) is 10.0 Å². The summed E-state index contributed by atoms with van der Waals surface area (Å²) in [6, 6.07) is 11.2. The van der Waals surface area contributed by atoms with E-state index >= 15 is 0 Å². The lowest BCUT2D eigenvalue weighted by Gasteiger charge is -2.06. The number of rotatable bonds is 2. The molecule has 0 aliphatic rings. The van der Waals surface area contributed by atoms with Crippen LogP contribution in [0, 0.1) is 5.82 Å². The summed E-state index contributed by atoms with van der Waals surface area (Å²) in [5.41, 5.74) is 0.545. The average molecular weight is 329 g/mol. The van der Waals surface area contributed by atoms with Crippen molar-refractivity contribution < 1.29 is 9.18 Å².